The van der Waals surface area contributed by atoms with E-state index in [4.69, 9.17) is 4.74 Å². The van der Waals surface area contributed by atoms with Crippen LogP contribution < -0.4 is 10.1 Å². The highest BCUT2D eigenvalue weighted by atomic mass is 16.5. The molecule has 0 aliphatic carbocycles. The minimum atomic E-state index is 0.00917. The van der Waals surface area contributed by atoms with E-state index in [-0.39, 0.29) is 6.04 Å². The number of aromatic nitrogens is 4. The highest BCUT2D eigenvalue weighted by molar-refractivity contribution is 5.33. The smallest absolute Gasteiger partial charge is 0.161 e. The molecule has 0 amide bonds. The summed E-state index contributed by atoms with van der Waals surface area (Å²) in [5, 5.41) is 11.8. The van der Waals surface area contributed by atoms with Crippen molar-refractivity contribution in [2.45, 2.75) is 19.5 Å². The van der Waals surface area contributed by atoms with Crippen molar-refractivity contribution in [1.82, 2.24) is 24.9 Å². The van der Waals surface area contributed by atoms with Crippen LogP contribution in [0.15, 0.2) is 18.5 Å². The average Bonchev–Trinajstić information content (AvgIpc) is 2.98. The fourth-order valence-corrected chi connectivity index (χ4v) is 2.17. The predicted octanol–water partition coefficient (Wildman–Crippen LogP) is 0.954. The maximum absolute atomic E-state index is 5.40. The number of methoxy groups -OCH3 is 1. The summed E-state index contributed by atoms with van der Waals surface area (Å²) in [4.78, 5) is 0. The van der Waals surface area contributed by atoms with Crippen molar-refractivity contribution < 1.29 is 4.74 Å². The van der Waals surface area contributed by atoms with Gasteiger partial charge in [-0.2, -0.15) is 10.2 Å². The number of hydrogen-bond donors (Lipinski definition) is 1. The molecule has 1 N–H and O–H groups in total. The molecular weight excluding hydrogens is 230 g/mol. The summed E-state index contributed by atoms with van der Waals surface area (Å²) < 4.78 is 9.19. The molecule has 2 heterocycles. The van der Waals surface area contributed by atoms with E-state index in [9.17, 15) is 0 Å². The van der Waals surface area contributed by atoms with Gasteiger partial charge in [-0.15, -0.1) is 0 Å². The molecule has 6 heteroatoms. The number of hydrogen-bond acceptors (Lipinski definition) is 4. The molecule has 1 atom stereocenters. The fourth-order valence-electron chi connectivity index (χ4n) is 2.17. The van der Waals surface area contributed by atoms with Gasteiger partial charge >= 0.3 is 0 Å². The van der Waals surface area contributed by atoms with Crippen molar-refractivity contribution >= 4 is 0 Å². The lowest BCUT2D eigenvalue weighted by molar-refractivity contribution is 0.399. The van der Waals surface area contributed by atoms with E-state index in [0.29, 0.717) is 0 Å². The molecule has 0 fully saturated rings. The van der Waals surface area contributed by atoms with Gasteiger partial charge in [0.05, 0.1) is 25.0 Å². The van der Waals surface area contributed by atoms with Crippen LogP contribution in [0.25, 0.3) is 0 Å². The highest BCUT2D eigenvalue weighted by Gasteiger charge is 2.23. The molecule has 0 radical (unpaired) electrons. The van der Waals surface area contributed by atoms with Gasteiger partial charge in [0.1, 0.15) is 5.69 Å². The Bertz CT molecular complexity index is 495. The van der Waals surface area contributed by atoms with Crippen molar-refractivity contribution in [3.8, 4) is 5.75 Å². The third-order valence-electron chi connectivity index (χ3n) is 3.08. The van der Waals surface area contributed by atoms with Crippen molar-refractivity contribution in [3.63, 3.8) is 0 Å². The molecule has 0 aliphatic heterocycles. The number of rotatable bonds is 5. The van der Waals surface area contributed by atoms with Crippen LogP contribution >= 0.6 is 0 Å². The third kappa shape index (κ3) is 1.99. The van der Waals surface area contributed by atoms with Crippen LogP contribution in [0.2, 0.25) is 0 Å². The van der Waals surface area contributed by atoms with Gasteiger partial charge in [0, 0.05) is 19.8 Å². The lowest BCUT2D eigenvalue weighted by Gasteiger charge is -2.19. The van der Waals surface area contributed by atoms with Crippen molar-refractivity contribution in [2.24, 2.45) is 7.05 Å². The first-order valence-electron chi connectivity index (χ1n) is 5.97. The van der Waals surface area contributed by atoms with E-state index < -0.39 is 0 Å². The summed E-state index contributed by atoms with van der Waals surface area (Å²) in [7, 11) is 5.51. The number of nitrogens with one attached hydrogen (secondary N) is 1. The van der Waals surface area contributed by atoms with Gasteiger partial charge in [0.15, 0.2) is 5.75 Å². The van der Waals surface area contributed by atoms with Crippen LogP contribution in [0, 0.1) is 0 Å². The molecule has 18 heavy (non-hydrogen) atoms. The Morgan fingerprint density at radius 3 is 2.72 bits per heavy atom. The number of nitrogens with zero attached hydrogens (tertiary/aromatic N) is 4. The molecule has 0 saturated heterocycles. The summed E-state index contributed by atoms with van der Waals surface area (Å²) in [5.74, 6) is 0.789. The first-order chi connectivity index (χ1) is 8.72. The van der Waals surface area contributed by atoms with Gasteiger partial charge in [-0.3, -0.25) is 9.36 Å². The van der Waals surface area contributed by atoms with Crippen LogP contribution in [0.3, 0.4) is 0 Å². The molecular formula is C12H19N5O. The van der Waals surface area contributed by atoms with E-state index in [1.165, 1.54) is 0 Å². The summed E-state index contributed by atoms with van der Waals surface area (Å²) in [6, 6.07) is 2.00. The summed E-state index contributed by atoms with van der Waals surface area (Å²) >= 11 is 0. The Kier molecular flexibility index (Phi) is 3.66. The second kappa shape index (κ2) is 5.22. The van der Waals surface area contributed by atoms with E-state index in [0.717, 1.165) is 23.7 Å². The second-order valence-electron chi connectivity index (χ2n) is 4.02. The minimum Gasteiger partial charge on any atom is -0.493 e. The van der Waals surface area contributed by atoms with Gasteiger partial charge in [0.25, 0.3) is 0 Å². The van der Waals surface area contributed by atoms with Crippen LogP contribution in [0.1, 0.15) is 24.4 Å². The number of aryl methyl sites for hydroxylation is 2. The molecule has 0 aromatic carbocycles. The lowest BCUT2D eigenvalue weighted by atomic mass is 10.1. The van der Waals surface area contributed by atoms with E-state index in [2.05, 4.69) is 22.4 Å². The molecule has 1 unspecified atom stereocenters. The SMILES string of the molecule is CCn1ncc(OC)c1C(NC)c1ccnn1C. The topological polar surface area (TPSA) is 56.9 Å². The Hall–Kier alpha value is -1.82. The third-order valence-corrected chi connectivity index (χ3v) is 3.08. The first-order valence-corrected chi connectivity index (χ1v) is 5.97. The molecule has 0 spiro atoms. The van der Waals surface area contributed by atoms with Crippen molar-refractivity contribution in [2.75, 3.05) is 14.2 Å². The zero-order valence-electron chi connectivity index (χ0n) is 11.2. The summed E-state index contributed by atoms with van der Waals surface area (Å²) in [6.45, 7) is 2.86. The zero-order chi connectivity index (χ0) is 13.1. The highest BCUT2D eigenvalue weighted by Crippen LogP contribution is 2.29. The molecule has 0 bridgehead atoms. The van der Waals surface area contributed by atoms with Crippen LogP contribution in [0.5, 0.6) is 5.75 Å². The van der Waals surface area contributed by atoms with E-state index in [1.807, 2.05) is 29.5 Å². The quantitative estimate of drug-likeness (QED) is 0.857. The second-order valence-corrected chi connectivity index (χ2v) is 4.02. The normalized spacial score (nSPS) is 12.7. The molecule has 0 saturated carbocycles. The van der Waals surface area contributed by atoms with Gasteiger partial charge in [0.2, 0.25) is 0 Å². The lowest BCUT2D eigenvalue weighted by Crippen LogP contribution is -2.24. The Morgan fingerprint density at radius 2 is 2.22 bits per heavy atom. The van der Waals surface area contributed by atoms with Gasteiger partial charge in [-0.1, -0.05) is 0 Å². The zero-order valence-corrected chi connectivity index (χ0v) is 11.2. The molecule has 6 nitrogen and oxygen atoms in total. The Labute approximate surface area is 107 Å². The largest absolute Gasteiger partial charge is 0.493 e. The Morgan fingerprint density at radius 1 is 1.44 bits per heavy atom. The maximum Gasteiger partial charge on any atom is 0.161 e. The predicted molar refractivity (Wildman–Crippen MR) is 68.6 cm³/mol. The number of ether oxygens (including phenoxy) is 1. The molecule has 0 aliphatic rings. The van der Waals surface area contributed by atoms with Crippen LogP contribution in [-0.2, 0) is 13.6 Å². The van der Waals surface area contributed by atoms with E-state index >= 15 is 0 Å². The fraction of sp³-hybridized carbons (Fsp3) is 0.500. The molecule has 2 aromatic heterocycles. The van der Waals surface area contributed by atoms with Gasteiger partial charge in [-0.25, -0.2) is 0 Å². The minimum absolute atomic E-state index is 0.00917. The monoisotopic (exact) mass is 249 g/mol. The maximum atomic E-state index is 5.40. The first kappa shape index (κ1) is 12.6. The summed E-state index contributed by atoms with van der Waals surface area (Å²) in [6.07, 6.45) is 3.54. The summed E-state index contributed by atoms with van der Waals surface area (Å²) in [5.41, 5.74) is 2.09. The van der Waals surface area contributed by atoms with Crippen molar-refractivity contribution in [1.29, 1.82) is 0 Å². The van der Waals surface area contributed by atoms with E-state index in [1.54, 1.807) is 19.5 Å². The molecule has 98 valence electrons. The van der Waals surface area contributed by atoms with Crippen LogP contribution in [-0.4, -0.2) is 33.7 Å². The van der Waals surface area contributed by atoms with Gasteiger partial charge < -0.3 is 10.1 Å². The standard InChI is InChI=1S/C12H19N5O/c1-5-17-12(10(18-4)8-15-17)11(13-2)9-6-7-14-16(9)3/h6-8,11,13H,5H2,1-4H3. The van der Waals surface area contributed by atoms with Crippen LogP contribution in [0.4, 0.5) is 0 Å². The Balaban J connectivity index is 2.50. The van der Waals surface area contributed by atoms with Gasteiger partial charge in [-0.05, 0) is 20.0 Å². The molecule has 2 aromatic rings. The average molecular weight is 249 g/mol. The van der Waals surface area contributed by atoms with Crippen molar-refractivity contribution in [3.05, 3.63) is 29.8 Å². The molecule has 2 rings (SSSR count).